The Morgan fingerprint density at radius 1 is 1.30 bits per heavy atom. The van der Waals surface area contributed by atoms with Gasteiger partial charge >= 0.3 is 0 Å². The first-order valence-electron chi connectivity index (χ1n) is 7.04. The smallest absolute Gasteiger partial charge is 0.273 e. The Bertz CT molecular complexity index is 476. The van der Waals surface area contributed by atoms with Gasteiger partial charge in [0.05, 0.1) is 11.9 Å². The summed E-state index contributed by atoms with van der Waals surface area (Å²) in [5.74, 6) is -0.259. The molecule has 0 aromatic carbocycles. The van der Waals surface area contributed by atoms with Crippen LogP contribution < -0.4 is 5.32 Å². The summed E-state index contributed by atoms with van der Waals surface area (Å²) < 4.78 is 1.60. The molecule has 0 radical (unpaired) electrons. The molecule has 6 heteroatoms. The summed E-state index contributed by atoms with van der Waals surface area (Å²) in [6.45, 7) is 6.45. The Hall–Kier alpha value is -1.85. The molecule has 0 aliphatic rings. The van der Waals surface area contributed by atoms with E-state index in [1.807, 2.05) is 20.8 Å². The molecule has 20 heavy (non-hydrogen) atoms. The fourth-order valence-electron chi connectivity index (χ4n) is 2.05. The summed E-state index contributed by atoms with van der Waals surface area (Å²) in [7, 11) is 3.36. The van der Waals surface area contributed by atoms with Crippen molar-refractivity contribution in [2.75, 3.05) is 19.4 Å². The van der Waals surface area contributed by atoms with Crippen LogP contribution in [0.5, 0.6) is 0 Å². The van der Waals surface area contributed by atoms with Gasteiger partial charge in [0.1, 0.15) is 5.69 Å². The van der Waals surface area contributed by atoms with E-state index in [4.69, 9.17) is 0 Å². The van der Waals surface area contributed by atoms with Crippen LogP contribution in [0.1, 0.15) is 44.1 Å². The van der Waals surface area contributed by atoms with E-state index in [-0.39, 0.29) is 17.7 Å². The van der Waals surface area contributed by atoms with Gasteiger partial charge in [-0.05, 0) is 19.8 Å². The van der Waals surface area contributed by atoms with Crippen LogP contribution >= 0.6 is 0 Å². The highest BCUT2D eigenvalue weighted by molar-refractivity contribution is 6.02. The number of amides is 2. The fraction of sp³-hybridized carbons (Fsp3) is 0.643. The highest BCUT2D eigenvalue weighted by atomic mass is 16.2. The minimum Gasteiger partial charge on any atom is -0.343 e. The molecular formula is C14H24N4O2. The highest BCUT2D eigenvalue weighted by Gasteiger charge is 2.23. The molecule has 0 saturated heterocycles. The summed E-state index contributed by atoms with van der Waals surface area (Å²) in [5.41, 5.74) is 0.916. The molecule has 1 heterocycles. The molecule has 6 nitrogen and oxygen atoms in total. The third kappa shape index (κ3) is 3.37. The number of nitrogens with zero attached hydrogens (tertiary/aromatic N) is 3. The largest absolute Gasteiger partial charge is 0.343 e. The zero-order chi connectivity index (χ0) is 15.3. The summed E-state index contributed by atoms with van der Waals surface area (Å²) in [5, 5.41) is 6.99. The predicted molar refractivity (Wildman–Crippen MR) is 78.6 cm³/mol. The lowest BCUT2D eigenvalue weighted by molar-refractivity contribution is -0.120. The van der Waals surface area contributed by atoms with Gasteiger partial charge in [-0.15, -0.1) is 0 Å². The minimum absolute atomic E-state index is 0.0396. The van der Waals surface area contributed by atoms with Gasteiger partial charge in [-0.3, -0.25) is 14.3 Å². The van der Waals surface area contributed by atoms with E-state index in [0.717, 1.165) is 12.8 Å². The van der Waals surface area contributed by atoms with Crippen molar-refractivity contribution in [1.29, 1.82) is 0 Å². The van der Waals surface area contributed by atoms with E-state index in [2.05, 4.69) is 10.4 Å². The number of aryl methyl sites for hydroxylation is 1. The van der Waals surface area contributed by atoms with Crippen LogP contribution in [0.25, 0.3) is 0 Å². The summed E-state index contributed by atoms with van der Waals surface area (Å²) >= 11 is 0. The Morgan fingerprint density at radius 2 is 1.90 bits per heavy atom. The Labute approximate surface area is 120 Å². The van der Waals surface area contributed by atoms with Crippen LogP contribution in [0.15, 0.2) is 6.20 Å². The van der Waals surface area contributed by atoms with E-state index >= 15 is 0 Å². The molecular weight excluding hydrogens is 256 g/mol. The number of carbonyl (C=O) groups excluding carboxylic acids is 2. The third-order valence-electron chi connectivity index (χ3n) is 3.36. The first-order chi connectivity index (χ1) is 9.46. The van der Waals surface area contributed by atoms with Gasteiger partial charge in [0, 0.05) is 26.6 Å². The van der Waals surface area contributed by atoms with Crippen LogP contribution in [0.4, 0.5) is 5.69 Å². The maximum atomic E-state index is 12.2. The molecule has 1 aromatic rings. The first kappa shape index (κ1) is 16.2. The Kier molecular flexibility index (Phi) is 5.73. The van der Waals surface area contributed by atoms with Gasteiger partial charge < -0.3 is 10.2 Å². The van der Waals surface area contributed by atoms with E-state index < -0.39 is 0 Å². The first-order valence-corrected chi connectivity index (χ1v) is 7.04. The lowest BCUT2D eigenvalue weighted by Crippen LogP contribution is -2.28. The molecule has 0 fully saturated rings. The topological polar surface area (TPSA) is 67.2 Å². The lowest BCUT2D eigenvalue weighted by atomic mass is 10.0. The monoisotopic (exact) mass is 280 g/mol. The van der Waals surface area contributed by atoms with Crippen LogP contribution in [0, 0.1) is 5.92 Å². The van der Waals surface area contributed by atoms with Gasteiger partial charge in [-0.25, -0.2) is 0 Å². The van der Waals surface area contributed by atoms with Crippen molar-refractivity contribution in [3.8, 4) is 0 Å². The molecule has 0 aliphatic carbocycles. The Balaban J connectivity index is 3.04. The molecule has 1 N–H and O–H groups in total. The molecule has 112 valence electrons. The van der Waals surface area contributed by atoms with Crippen LogP contribution in [0.2, 0.25) is 0 Å². The average Bonchev–Trinajstić information content (AvgIpc) is 2.81. The highest BCUT2D eigenvalue weighted by Crippen LogP contribution is 2.19. The molecule has 0 saturated carbocycles. The van der Waals surface area contributed by atoms with E-state index in [1.54, 1.807) is 25.0 Å². The van der Waals surface area contributed by atoms with Crippen molar-refractivity contribution in [2.24, 2.45) is 5.92 Å². The van der Waals surface area contributed by atoms with Gasteiger partial charge in [0.15, 0.2) is 0 Å². The van der Waals surface area contributed by atoms with Crippen LogP contribution in [-0.4, -0.2) is 40.6 Å². The molecule has 0 atom stereocenters. The predicted octanol–water partition coefficient (Wildman–Crippen LogP) is 1.98. The second-order valence-corrected chi connectivity index (χ2v) is 4.92. The normalized spacial score (nSPS) is 10.7. The van der Waals surface area contributed by atoms with E-state index in [1.165, 1.54) is 4.90 Å². The minimum atomic E-state index is -0.163. The van der Waals surface area contributed by atoms with Gasteiger partial charge in [-0.2, -0.15) is 5.10 Å². The number of nitrogens with one attached hydrogen (secondary N) is 1. The SMILES string of the molecule is CCC(CC)C(=O)Nc1cnn(CC)c1C(=O)N(C)C. The summed E-state index contributed by atoms with van der Waals surface area (Å²) in [6.07, 6.45) is 3.10. The zero-order valence-electron chi connectivity index (χ0n) is 12.9. The summed E-state index contributed by atoms with van der Waals surface area (Å²) in [4.78, 5) is 25.8. The second kappa shape index (κ2) is 7.07. The van der Waals surface area contributed by atoms with Crippen molar-refractivity contribution < 1.29 is 9.59 Å². The van der Waals surface area contributed by atoms with Crippen molar-refractivity contribution in [2.45, 2.75) is 40.2 Å². The van der Waals surface area contributed by atoms with Gasteiger partial charge in [0.2, 0.25) is 5.91 Å². The van der Waals surface area contributed by atoms with Gasteiger partial charge in [0.25, 0.3) is 5.91 Å². The van der Waals surface area contributed by atoms with Crippen molar-refractivity contribution in [1.82, 2.24) is 14.7 Å². The van der Waals surface area contributed by atoms with Crippen molar-refractivity contribution in [3.63, 3.8) is 0 Å². The number of hydrogen-bond acceptors (Lipinski definition) is 3. The third-order valence-corrected chi connectivity index (χ3v) is 3.36. The fourth-order valence-corrected chi connectivity index (χ4v) is 2.05. The number of anilines is 1. The average molecular weight is 280 g/mol. The van der Waals surface area contributed by atoms with E-state index in [0.29, 0.717) is 17.9 Å². The molecule has 0 bridgehead atoms. The van der Waals surface area contributed by atoms with Crippen molar-refractivity contribution in [3.05, 3.63) is 11.9 Å². The number of rotatable bonds is 6. The molecule has 2 amide bonds. The molecule has 0 unspecified atom stereocenters. The summed E-state index contributed by atoms with van der Waals surface area (Å²) in [6, 6.07) is 0. The maximum absolute atomic E-state index is 12.2. The second-order valence-electron chi connectivity index (χ2n) is 4.92. The Morgan fingerprint density at radius 3 is 2.35 bits per heavy atom. The van der Waals surface area contributed by atoms with Crippen molar-refractivity contribution >= 4 is 17.5 Å². The maximum Gasteiger partial charge on any atom is 0.273 e. The zero-order valence-corrected chi connectivity index (χ0v) is 12.9. The molecule has 0 aliphatic heterocycles. The number of aromatic nitrogens is 2. The van der Waals surface area contributed by atoms with Crippen LogP contribution in [-0.2, 0) is 11.3 Å². The standard InChI is InChI=1S/C14H24N4O2/c1-6-10(7-2)13(19)16-11-9-15-18(8-3)12(11)14(20)17(4)5/h9-10H,6-8H2,1-5H3,(H,16,19). The van der Waals surface area contributed by atoms with E-state index in [9.17, 15) is 9.59 Å². The molecule has 1 rings (SSSR count). The number of carbonyl (C=O) groups is 2. The quantitative estimate of drug-likeness (QED) is 0.866. The van der Waals surface area contributed by atoms with Crippen LogP contribution in [0.3, 0.4) is 0 Å². The van der Waals surface area contributed by atoms with Gasteiger partial charge in [-0.1, -0.05) is 13.8 Å². The molecule has 0 spiro atoms. The number of hydrogen-bond donors (Lipinski definition) is 1. The lowest BCUT2D eigenvalue weighted by Gasteiger charge is -2.15. The molecule has 1 aromatic heterocycles.